The van der Waals surface area contributed by atoms with Crippen molar-refractivity contribution >= 4 is 44.3 Å². The fourth-order valence-electron chi connectivity index (χ4n) is 1.72. The van der Waals surface area contributed by atoms with Crippen LogP contribution in [0.15, 0.2) is 46.9 Å². The summed E-state index contributed by atoms with van der Waals surface area (Å²) in [4.78, 5) is 12.2. The second-order valence-corrected chi connectivity index (χ2v) is 6.16. The van der Waals surface area contributed by atoms with Crippen LogP contribution in [0, 0.1) is 3.57 Å². The van der Waals surface area contributed by atoms with Crippen LogP contribution >= 0.6 is 38.5 Å². The molecule has 0 aromatic heterocycles. The molecule has 2 nitrogen and oxygen atoms in total. The number of benzene rings is 2. The molecule has 0 heterocycles. The average molecular weight is 431 g/mol. The highest BCUT2D eigenvalue weighted by molar-refractivity contribution is 14.1. The highest BCUT2D eigenvalue weighted by atomic mass is 127. The van der Waals surface area contributed by atoms with Crippen LogP contribution in [0.25, 0.3) is 0 Å². The predicted molar refractivity (Wildman–Crippen MR) is 87.9 cm³/mol. The number of hydrogen-bond acceptors (Lipinski definition) is 2. The lowest BCUT2D eigenvalue weighted by molar-refractivity contribution is 0.0993. The molecule has 0 fully saturated rings. The van der Waals surface area contributed by atoms with Crippen LogP contribution in [0.5, 0.6) is 5.75 Å². The van der Waals surface area contributed by atoms with Gasteiger partial charge in [0.1, 0.15) is 5.75 Å². The van der Waals surface area contributed by atoms with Crippen molar-refractivity contribution in [2.24, 2.45) is 0 Å². The van der Waals surface area contributed by atoms with Crippen LogP contribution in [0.3, 0.4) is 0 Å². The van der Waals surface area contributed by atoms with Crippen molar-refractivity contribution in [3.63, 3.8) is 0 Å². The lowest BCUT2D eigenvalue weighted by atomic mass is 10.0. The Hall–Kier alpha value is -0.880. The molecule has 0 N–H and O–H groups in total. The van der Waals surface area contributed by atoms with Gasteiger partial charge < -0.3 is 4.74 Å². The molecule has 0 aliphatic rings. The van der Waals surface area contributed by atoms with Gasteiger partial charge in [0, 0.05) is 20.0 Å². The van der Waals surface area contributed by atoms with E-state index < -0.39 is 0 Å². The highest BCUT2D eigenvalue weighted by Crippen LogP contribution is 2.24. The van der Waals surface area contributed by atoms with Gasteiger partial charge in [-0.2, -0.15) is 0 Å². The Labute approximate surface area is 134 Å². The Bertz CT molecular complexity index is 594. The maximum Gasteiger partial charge on any atom is 0.167 e. The molecule has 4 heteroatoms. The number of Topliss-reactive ketones (excluding diaryl/α,β-unsaturated/α-hetero) is 1. The number of carbonyl (C=O) groups is 1. The summed E-state index contributed by atoms with van der Waals surface area (Å²) < 4.78 is 7.22. The Morgan fingerprint density at radius 2 is 1.89 bits per heavy atom. The number of ether oxygens (including phenoxy) is 1. The second kappa shape index (κ2) is 6.52. The quantitative estimate of drug-likeness (QED) is 0.527. The minimum Gasteiger partial charge on any atom is -0.497 e. The van der Waals surface area contributed by atoms with Gasteiger partial charge in [-0.15, -0.1) is 0 Å². The summed E-state index contributed by atoms with van der Waals surface area (Å²) in [7, 11) is 1.62. The zero-order valence-electron chi connectivity index (χ0n) is 10.3. The molecule has 2 rings (SSSR count). The molecule has 98 valence electrons. The Morgan fingerprint density at radius 1 is 1.21 bits per heavy atom. The molecule has 0 aliphatic carbocycles. The third kappa shape index (κ3) is 3.79. The first-order valence-electron chi connectivity index (χ1n) is 5.71. The number of hydrogen-bond donors (Lipinski definition) is 0. The molecule has 0 saturated heterocycles. The summed E-state index contributed by atoms with van der Waals surface area (Å²) in [6.45, 7) is 0. The first-order chi connectivity index (χ1) is 9.10. The maximum atomic E-state index is 12.2. The van der Waals surface area contributed by atoms with Crippen LogP contribution in [0.4, 0.5) is 0 Å². The third-order valence-corrected chi connectivity index (χ3v) is 4.26. The van der Waals surface area contributed by atoms with E-state index in [1.54, 1.807) is 7.11 Å². The molecule has 19 heavy (non-hydrogen) atoms. The molecule has 0 aliphatic heterocycles. The van der Waals surface area contributed by atoms with Gasteiger partial charge >= 0.3 is 0 Å². The van der Waals surface area contributed by atoms with E-state index in [0.29, 0.717) is 6.42 Å². The van der Waals surface area contributed by atoms with Crippen molar-refractivity contribution in [2.45, 2.75) is 6.42 Å². The predicted octanol–water partition coefficient (Wildman–Crippen LogP) is 4.49. The lowest BCUT2D eigenvalue weighted by Gasteiger charge is -2.07. The van der Waals surface area contributed by atoms with Crippen LogP contribution in [0.1, 0.15) is 15.9 Å². The van der Waals surface area contributed by atoms with Crippen LogP contribution in [-0.2, 0) is 6.42 Å². The Kier molecular flexibility index (Phi) is 4.99. The van der Waals surface area contributed by atoms with Crippen molar-refractivity contribution in [3.05, 3.63) is 61.6 Å². The van der Waals surface area contributed by atoms with Crippen molar-refractivity contribution in [3.8, 4) is 5.75 Å². The van der Waals surface area contributed by atoms with Crippen molar-refractivity contribution in [2.75, 3.05) is 7.11 Å². The second-order valence-electron chi connectivity index (χ2n) is 4.06. The van der Waals surface area contributed by atoms with Gasteiger partial charge in [-0.25, -0.2) is 0 Å². The van der Waals surface area contributed by atoms with E-state index in [1.165, 1.54) is 0 Å². The largest absolute Gasteiger partial charge is 0.497 e. The normalized spacial score (nSPS) is 10.3. The molecule has 0 amide bonds. The van der Waals surface area contributed by atoms with Crippen LogP contribution < -0.4 is 4.74 Å². The van der Waals surface area contributed by atoms with E-state index in [0.717, 1.165) is 24.9 Å². The van der Waals surface area contributed by atoms with Crippen molar-refractivity contribution < 1.29 is 9.53 Å². The molecule has 0 spiro atoms. The van der Waals surface area contributed by atoms with Gasteiger partial charge in [-0.3, -0.25) is 4.79 Å². The van der Waals surface area contributed by atoms with E-state index >= 15 is 0 Å². The zero-order valence-corrected chi connectivity index (χ0v) is 14.1. The molecule has 2 aromatic rings. The third-order valence-electron chi connectivity index (χ3n) is 2.77. The van der Waals surface area contributed by atoms with Crippen LogP contribution in [0.2, 0.25) is 0 Å². The first kappa shape index (κ1) is 14.5. The molecule has 0 radical (unpaired) electrons. The fourth-order valence-corrected chi connectivity index (χ4v) is 2.47. The van der Waals surface area contributed by atoms with Gasteiger partial charge in [0.25, 0.3) is 0 Å². The van der Waals surface area contributed by atoms with Gasteiger partial charge in [-0.1, -0.05) is 28.1 Å². The van der Waals surface area contributed by atoms with Gasteiger partial charge in [0.05, 0.1) is 7.11 Å². The van der Waals surface area contributed by atoms with E-state index in [-0.39, 0.29) is 5.78 Å². The maximum absolute atomic E-state index is 12.2. The highest BCUT2D eigenvalue weighted by Gasteiger charge is 2.10. The smallest absolute Gasteiger partial charge is 0.167 e. The van der Waals surface area contributed by atoms with Gasteiger partial charge in [-0.05, 0) is 58.5 Å². The van der Waals surface area contributed by atoms with E-state index in [2.05, 4.69) is 38.5 Å². The first-order valence-corrected chi connectivity index (χ1v) is 7.58. The van der Waals surface area contributed by atoms with E-state index in [1.807, 2.05) is 42.5 Å². The summed E-state index contributed by atoms with van der Waals surface area (Å²) >= 11 is 5.69. The minimum absolute atomic E-state index is 0.102. The average Bonchev–Trinajstić information content (AvgIpc) is 2.42. The number of halogens is 2. The molecular formula is C15H12BrIO2. The van der Waals surface area contributed by atoms with Crippen molar-refractivity contribution in [1.82, 2.24) is 0 Å². The van der Waals surface area contributed by atoms with Crippen LogP contribution in [-0.4, -0.2) is 12.9 Å². The summed E-state index contributed by atoms with van der Waals surface area (Å²) in [5.74, 6) is 0.860. The van der Waals surface area contributed by atoms with Gasteiger partial charge in [0.2, 0.25) is 0 Å². The minimum atomic E-state index is 0.102. The molecular weight excluding hydrogens is 419 g/mol. The Morgan fingerprint density at radius 3 is 2.53 bits per heavy atom. The summed E-state index contributed by atoms with van der Waals surface area (Å²) in [6.07, 6.45) is 0.359. The molecule has 0 saturated carbocycles. The Balaban J connectivity index is 2.21. The molecule has 0 unspecified atom stereocenters. The van der Waals surface area contributed by atoms with E-state index in [9.17, 15) is 4.79 Å². The molecule has 2 aromatic carbocycles. The number of methoxy groups -OCH3 is 1. The fraction of sp³-hybridized carbons (Fsp3) is 0.133. The standard InChI is InChI=1S/C15H12BrIO2/c1-19-13-6-7-14(16)11(8-13)9-15(18)10-2-4-12(17)5-3-10/h2-8H,9H2,1H3. The molecule has 0 bridgehead atoms. The number of ketones is 1. The lowest BCUT2D eigenvalue weighted by Crippen LogP contribution is -2.04. The molecule has 0 atom stereocenters. The van der Waals surface area contributed by atoms with Gasteiger partial charge in [0.15, 0.2) is 5.78 Å². The van der Waals surface area contributed by atoms with Crippen molar-refractivity contribution in [1.29, 1.82) is 0 Å². The topological polar surface area (TPSA) is 26.3 Å². The SMILES string of the molecule is COc1ccc(Br)c(CC(=O)c2ccc(I)cc2)c1. The number of rotatable bonds is 4. The zero-order chi connectivity index (χ0) is 13.8. The summed E-state index contributed by atoms with van der Waals surface area (Å²) in [5, 5.41) is 0. The number of carbonyl (C=O) groups excluding carboxylic acids is 1. The van der Waals surface area contributed by atoms with E-state index in [4.69, 9.17) is 4.74 Å². The monoisotopic (exact) mass is 430 g/mol. The summed E-state index contributed by atoms with van der Waals surface area (Å²) in [6, 6.07) is 13.2. The summed E-state index contributed by atoms with van der Waals surface area (Å²) in [5.41, 5.74) is 1.66.